The highest BCUT2D eigenvalue weighted by molar-refractivity contribution is 5.86. The zero-order valence-electron chi connectivity index (χ0n) is 7.98. The van der Waals surface area contributed by atoms with E-state index < -0.39 is 0 Å². The first-order valence-corrected chi connectivity index (χ1v) is 4.21. The average Bonchev–Trinajstić information content (AvgIpc) is 2.16. The number of pyridine rings is 1. The number of fused-ring (bicyclic) bond motifs is 1. The molecule has 5 heteroatoms. The molecule has 0 aliphatic rings. The molecule has 0 saturated heterocycles. The summed E-state index contributed by atoms with van der Waals surface area (Å²) < 4.78 is 0. The van der Waals surface area contributed by atoms with Crippen molar-refractivity contribution in [2.24, 2.45) is 0 Å². The largest absolute Gasteiger partial charge is 0.362 e. The van der Waals surface area contributed by atoms with Gasteiger partial charge in [0, 0.05) is 20.3 Å². The zero-order chi connectivity index (χ0) is 10.1. The summed E-state index contributed by atoms with van der Waals surface area (Å²) in [4.78, 5) is 23.5. The third-order valence-electron chi connectivity index (χ3n) is 1.91. The van der Waals surface area contributed by atoms with Crippen LogP contribution < -0.4 is 10.6 Å². The highest BCUT2D eigenvalue weighted by atomic mass is 16.1. The monoisotopic (exact) mass is 190 g/mol. The van der Waals surface area contributed by atoms with E-state index in [0.29, 0.717) is 11.5 Å². The molecule has 0 unspecified atom stereocenters. The minimum absolute atomic E-state index is 0.375. The Balaban J connectivity index is 2.87. The van der Waals surface area contributed by atoms with Crippen molar-refractivity contribution >= 4 is 16.9 Å². The summed E-state index contributed by atoms with van der Waals surface area (Å²) >= 11 is 0. The van der Waals surface area contributed by atoms with Gasteiger partial charge in [0.25, 0.3) is 0 Å². The van der Waals surface area contributed by atoms with Gasteiger partial charge in [-0.2, -0.15) is 4.98 Å². The van der Waals surface area contributed by atoms with Crippen LogP contribution >= 0.6 is 0 Å². The maximum atomic E-state index is 11.2. The van der Waals surface area contributed by atoms with Gasteiger partial charge in [-0.15, -0.1) is 0 Å². The van der Waals surface area contributed by atoms with Crippen LogP contribution in [0.25, 0.3) is 11.0 Å². The van der Waals surface area contributed by atoms with Crippen LogP contribution in [0.4, 0.5) is 5.82 Å². The summed E-state index contributed by atoms with van der Waals surface area (Å²) in [6.07, 6.45) is 1.64. The molecular weight excluding hydrogens is 180 g/mol. The van der Waals surface area contributed by atoms with Crippen LogP contribution in [0, 0.1) is 0 Å². The number of H-pyrrole nitrogens is 1. The molecule has 0 amide bonds. The fourth-order valence-electron chi connectivity index (χ4n) is 1.31. The van der Waals surface area contributed by atoms with Gasteiger partial charge in [0.1, 0.15) is 11.5 Å². The molecule has 0 fully saturated rings. The Labute approximate surface area is 80.4 Å². The number of nitrogens with one attached hydrogen (secondary N) is 1. The molecule has 2 aromatic heterocycles. The SMILES string of the molecule is CN(C)c1nc(=O)[nH]c2ncccc12. The number of aromatic amines is 1. The average molecular weight is 190 g/mol. The lowest BCUT2D eigenvalue weighted by molar-refractivity contribution is 1.02. The Kier molecular flexibility index (Phi) is 1.92. The van der Waals surface area contributed by atoms with Crippen LogP contribution in [0.1, 0.15) is 0 Å². The normalized spacial score (nSPS) is 10.4. The van der Waals surface area contributed by atoms with Crippen LogP contribution in [0.15, 0.2) is 23.1 Å². The van der Waals surface area contributed by atoms with E-state index in [1.165, 1.54) is 0 Å². The quantitative estimate of drug-likeness (QED) is 0.706. The van der Waals surface area contributed by atoms with Crippen molar-refractivity contribution in [1.29, 1.82) is 0 Å². The van der Waals surface area contributed by atoms with E-state index in [2.05, 4.69) is 15.0 Å². The molecule has 0 aliphatic heterocycles. The summed E-state index contributed by atoms with van der Waals surface area (Å²) in [5.74, 6) is 0.636. The van der Waals surface area contributed by atoms with Crippen molar-refractivity contribution in [2.75, 3.05) is 19.0 Å². The molecule has 0 atom stereocenters. The Morgan fingerprint density at radius 3 is 2.93 bits per heavy atom. The molecule has 0 aromatic carbocycles. The lowest BCUT2D eigenvalue weighted by Crippen LogP contribution is -2.19. The Bertz CT molecular complexity index is 517. The van der Waals surface area contributed by atoms with Crippen molar-refractivity contribution in [3.63, 3.8) is 0 Å². The molecule has 14 heavy (non-hydrogen) atoms. The predicted molar refractivity (Wildman–Crippen MR) is 54.5 cm³/mol. The van der Waals surface area contributed by atoms with E-state index in [-0.39, 0.29) is 5.69 Å². The van der Waals surface area contributed by atoms with Crippen LogP contribution in [-0.4, -0.2) is 29.0 Å². The van der Waals surface area contributed by atoms with Crippen LogP contribution in [0.3, 0.4) is 0 Å². The molecule has 1 N–H and O–H groups in total. The third kappa shape index (κ3) is 1.32. The van der Waals surface area contributed by atoms with Gasteiger partial charge in [0.15, 0.2) is 0 Å². The second kappa shape index (κ2) is 3.10. The van der Waals surface area contributed by atoms with Crippen LogP contribution in [-0.2, 0) is 0 Å². The predicted octanol–water partition coefficient (Wildman–Crippen LogP) is 0.384. The summed E-state index contributed by atoms with van der Waals surface area (Å²) in [6, 6.07) is 3.69. The zero-order valence-corrected chi connectivity index (χ0v) is 7.98. The van der Waals surface area contributed by atoms with E-state index in [4.69, 9.17) is 0 Å². The molecule has 0 radical (unpaired) electrons. The van der Waals surface area contributed by atoms with Gasteiger partial charge in [-0.3, -0.25) is 4.98 Å². The fraction of sp³-hybridized carbons (Fsp3) is 0.222. The van der Waals surface area contributed by atoms with Gasteiger partial charge >= 0.3 is 5.69 Å². The molecule has 0 spiro atoms. The molecule has 0 aliphatic carbocycles. The lowest BCUT2D eigenvalue weighted by atomic mass is 10.3. The first kappa shape index (κ1) is 8.68. The molecule has 2 heterocycles. The smallest absolute Gasteiger partial charge is 0.348 e. The topological polar surface area (TPSA) is 61.9 Å². The molecule has 5 nitrogen and oxygen atoms in total. The first-order valence-electron chi connectivity index (χ1n) is 4.21. The Hall–Kier alpha value is -1.91. The number of rotatable bonds is 1. The van der Waals surface area contributed by atoms with Crippen molar-refractivity contribution in [3.8, 4) is 0 Å². The molecule has 0 saturated carbocycles. The van der Waals surface area contributed by atoms with Gasteiger partial charge in [-0.05, 0) is 12.1 Å². The van der Waals surface area contributed by atoms with E-state index in [0.717, 1.165) is 5.39 Å². The molecular formula is C9H10N4O. The summed E-state index contributed by atoms with van der Waals surface area (Å²) in [6.45, 7) is 0. The van der Waals surface area contributed by atoms with Crippen molar-refractivity contribution in [3.05, 3.63) is 28.8 Å². The minimum atomic E-state index is -0.375. The van der Waals surface area contributed by atoms with E-state index in [1.807, 2.05) is 26.2 Å². The number of hydrogen-bond donors (Lipinski definition) is 1. The number of aromatic nitrogens is 3. The maximum absolute atomic E-state index is 11.2. The van der Waals surface area contributed by atoms with Gasteiger partial charge in [-0.25, -0.2) is 9.78 Å². The van der Waals surface area contributed by atoms with E-state index in [9.17, 15) is 4.79 Å². The first-order chi connectivity index (χ1) is 6.68. The second-order valence-corrected chi connectivity index (χ2v) is 3.16. The Morgan fingerprint density at radius 2 is 2.21 bits per heavy atom. The van der Waals surface area contributed by atoms with Gasteiger partial charge < -0.3 is 4.90 Å². The molecule has 72 valence electrons. The fourth-order valence-corrected chi connectivity index (χ4v) is 1.31. The Morgan fingerprint density at radius 1 is 1.43 bits per heavy atom. The highest BCUT2D eigenvalue weighted by Crippen LogP contribution is 2.16. The summed E-state index contributed by atoms with van der Waals surface area (Å²) in [5, 5.41) is 0.845. The highest BCUT2D eigenvalue weighted by Gasteiger charge is 2.06. The van der Waals surface area contributed by atoms with Gasteiger partial charge in [-0.1, -0.05) is 0 Å². The van der Waals surface area contributed by atoms with Crippen molar-refractivity contribution < 1.29 is 0 Å². The second-order valence-electron chi connectivity index (χ2n) is 3.16. The molecule has 2 rings (SSSR count). The number of anilines is 1. The van der Waals surface area contributed by atoms with Crippen LogP contribution in [0.2, 0.25) is 0 Å². The molecule has 2 aromatic rings. The minimum Gasteiger partial charge on any atom is -0.362 e. The third-order valence-corrected chi connectivity index (χ3v) is 1.91. The standard InChI is InChI=1S/C9H10N4O/c1-13(2)8-6-4-3-5-10-7(6)11-9(14)12-8/h3-5H,1-2H3,(H,10,11,12,14). The summed E-state index contributed by atoms with van der Waals surface area (Å²) in [5.41, 5.74) is 0.191. The lowest BCUT2D eigenvalue weighted by Gasteiger charge is -2.12. The van der Waals surface area contributed by atoms with Gasteiger partial charge in [0.05, 0.1) is 5.39 Å². The maximum Gasteiger partial charge on any atom is 0.348 e. The number of nitrogens with zero attached hydrogens (tertiary/aromatic N) is 3. The van der Waals surface area contributed by atoms with E-state index >= 15 is 0 Å². The van der Waals surface area contributed by atoms with E-state index in [1.54, 1.807) is 11.1 Å². The van der Waals surface area contributed by atoms with Crippen LogP contribution in [0.5, 0.6) is 0 Å². The van der Waals surface area contributed by atoms with Gasteiger partial charge in [0.2, 0.25) is 0 Å². The van der Waals surface area contributed by atoms with Crippen molar-refractivity contribution in [2.45, 2.75) is 0 Å². The summed E-state index contributed by atoms with van der Waals surface area (Å²) in [7, 11) is 3.68. The van der Waals surface area contributed by atoms with Crippen molar-refractivity contribution in [1.82, 2.24) is 15.0 Å². The molecule has 0 bridgehead atoms. The number of hydrogen-bond acceptors (Lipinski definition) is 4.